The molecule has 0 aliphatic heterocycles. The van der Waals surface area contributed by atoms with E-state index >= 15 is 0 Å². The number of rotatable bonds is 6. The number of esters is 1. The first-order valence-corrected chi connectivity index (χ1v) is 7.23. The van der Waals surface area contributed by atoms with Gasteiger partial charge in [-0.3, -0.25) is 10.1 Å². The molecule has 2 aromatic carbocycles. The third-order valence-corrected chi connectivity index (χ3v) is 3.09. The summed E-state index contributed by atoms with van der Waals surface area (Å²) in [4.78, 5) is 32.8. The molecule has 0 aromatic heterocycles. The van der Waals surface area contributed by atoms with Crippen LogP contribution in [0, 0.1) is 10.1 Å². The Morgan fingerprint density at radius 2 is 1.73 bits per heavy atom. The standard InChI is InChI=1S/C18H13NO7/c20-14-3-1-2-12(10-14)6-9-18(23)26-16-11-13(5-8-17(21)22)4-7-15(16)19(24)25/h1-11,20H,(H,21,22)/b8-5+,9-6+. The van der Waals surface area contributed by atoms with Crippen molar-refractivity contribution in [3.63, 3.8) is 0 Å². The molecular weight excluding hydrogens is 342 g/mol. The van der Waals surface area contributed by atoms with Crippen LogP contribution in [0.1, 0.15) is 11.1 Å². The summed E-state index contributed by atoms with van der Waals surface area (Å²) < 4.78 is 5.00. The van der Waals surface area contributed by atoms with Gasteiger partial charge in [0.1, 0.15) is 5.75 Å². The van der Waals surface area contributed by atoms with Crippen molar-refractivity contribution < 1.29 is 29.5 Å². The van der Waals surface area contributed by atoms with Gasteiger partial charge in [-0.2, -0.15) is 0 Å². The third kappa shape index (κ3) is 5.31. The summed E-state index contributed by atoms with van der Waals surface area (Å²) in [5.74, 6) is -2.34. The zero-order valence-electron chi connectivity index (χ0n) is 13.2. The number of phenols is 1. The lowest BCUT2D eigenvalue weighted by Gasteiger charge is -2.04. The molecule has 0 unspecified atom stereocenters. The molecule has 0 saturated heterocycles. The number of nitrogens with zero attached hydrogens (tertiary/aromatic N) is 1. The summed E-state index contributed by atoms with van der Waals surface area (Å²) >= 11 is 0. The molecule has 2 N–H and O–H groups in total. The maximum absolute atomic E-state index is 11.9. The Bertz CT molecular complexity index is 916. The van der Waals surface area contributed by atoms with Gasteiger partial charge in [0.25, 0.3) is 0 Å². The highest BCUT2D eigenvalue weighted by molar-refractivity contribution is 5.89. The molecule has 26 heavy (non-hydrogen) atoms. The highest BCUT2D eigenvalue weighted by atomic mass is 16.6. The normalized spacial score (nSPS) is 10.9. The highest BCUT2D eigenvalue weighted by Gasteiger charge is 2.17. The number of nitro benzene ring substituents is 1. The van der Waals surface area contributed by atoms with Gasteiger partial charge in [0, 0.05) is 18.2 Å². The molecule has 2 aromatic rings. The summed E-state index contributed by atoms with van der Waals surface area (Å²) in [5.41, 5.74) is 0.420. The van der Waals surface area contributed by atoms with Crippen molar-refractivity contribution in [1.29, 1.82) is 0 Å². The van der Waals surface area contributed by atoms with E-state index in [2.05, 4.69) is 0 Å². The summed E-state index contributed by atoms with van der Waals surface area (Å²) in [7, 11) is 0. The van der Waals surface area contributed by atoms with Gasteiger partial charge >= 0.3 is 17.6 Å². The van der Waals surface area contributed by atoms with E-state index in [1.165, 1.54) is 36.4 Å². The van der Waals surface area contributed by atoms with Gasteiger partial charge in [-0.25, -0.2) is 9.59 Å². The summed E-state index contributed by atoms with van der Waals surface area (Å²) in [5, 5.41) is 29.0. The van der Waals surface area contributed by atoms with Crippen molar-refractivity contribution >= 4 is 29.8 Å². The number of carbonyl (C=O) groups excluding carboxylic acids is 1. The molecule has 0 saturated carbocycles. The molecule has 0 amide bonds. The first-order valence-electron chi connectivity index (χ1n) is 7.23. The highest BCUT2D eigenvalue weighted by Crippen LogP contribution is 2.28. The van der Waals surface area contributed by atoms with Crippen molar-refractivity contribution in [1.82, 2.24) is 0 Å². The van der Waals surface area contributed by atoms with Gasteiger partial charge < -0.3 is 14.9 Å². The van der Waals surface area contributed by atoms with Crippen LogP contribution >= 0.6 is 0 Å². The van der Waals surface area contributed by atoms with E-state index < -0.39 is 22.5 Å². The number of aliphatic carboxylic acids is 1. The van der Waals surface area contributed by atoms with Crippen LogP contribution in [-0.4, -0.2) is 27.1 Å². The van der Waals surface area contributed by atoms with Crippen LogP contribution in [0.5, 0.6) is 11.5 Å². The Labute approximate surface area is 147 Å². The van der Waals surface area contributed by atoms with Crippen LogP contribution in [0.3, 0.4) is 0 Å². The number of nitro groups is 1. The molecule has 0 spiro atoms. The fraction of sp³-hybridized carbons (Fsp3) is 0. The first-order chi connectivity index (χ1) is 12.3. The minimum Gasteiger partial charge on any atom is -0.508 e. The van der Waals surface area contributed by atoms with Crippen molar-refractivity contribution in [2.24, 2.45) is 0 Å². The van der Waals surface area contributed by atoms with Crippen LogP contribution in [-0.2, 0) is 9.59 Å². The van der Waals surface area contributed by atoms with E-state index in [0.29, 0.717) is 11.1 Å². The van der Waals surface area contributed by atoms with E-state index in [9.17, 15) is 24.8 Å². The Balaban J connectivity index is 2.22. The summed E-state index contributed by atoms with van der Waals surface area (Å²) in [6.45, 7) is 0. The number of carboxylic acids is 1. The fourth-order valence-electron chi connectivity index (χ4n) is 1.97. The average Bonchev–Trinajstić information content (AvgIpc) is 2.58. The topological polar surface area (TPSA) is 127 Å². The Morgan fingerprint density at radius 1 is 1.04 bits per heavy atom. The van der Waals surface area contributed by atoms with E-state index in [0.717, 1.165) is 18.2 Å². The number of carbonyl (C=O) groups is 2. The zero-order valence-corrected chi connectivity index (χ0v) is 13.2. The molecule has 8 nitrogen and oxygen atoms in total. The molecule has 132 valence electrons. The Hall–Kier alpha value is -3.94. The molecular formula is C18H13NO7. The number of hydrogen-bond acceptors (Lipinski definition) is 6. The number of benzene rings is 2. The van der Waals surface area contributed by atoms with E-state index in [1.54, 1.807) is 12.1 Å². The molecule has 0 aliphatic rings. The second-order valence-electron chi connectivity index (χ2n) is 5.01. The molecule has 0 heterocycles. The van der Waals surface area contributed by atoms with Gasteiger partial charge in [-0.1, -0.05) is 12.1 Å². The van der Waals surface area contributed by atoms with Crippen LogP contribution in [0.2, 0.25) is 0 Å². The van der Waals surface area contributed by atoms with Crippen LogP contribution in [0.25, 0.3) is 12.2 Å². The quantitative estimate of drug-likeness (QED) is 0.268. The molecule has 0 bridgehead atoms. The molecule has 8 heteroatoms. The van der Waals surface area contributed by atoms with Gasteiger partial charge in [0.05, 0.1) is 4.92 Å². The fourth-order valence-corrected chi connectivity index (χ4v) is 1.97. The lowest BCUT2D eigenvalue weighted by Crippen LogP contribution is -2.06. The predicted molar refractivity (Wildman–Crippen MR) is 92.5 cm³/mol. The summed E-state index contributed by atoms with van der Waals surface area (Å²) in [6.07, 6.45) is 4.50. The van der Waals surface area contributed by atoms with E-state index in [4.69, 9.17) is 9.84 Å². The largest absolute Gasteiger partial charge is 0.508 e. The van der Waals surface area contributed by atoms with Crippen molar-refractivity contribution in [2.45, 2.75) is 0 Å². The van der Waals surface area contributed by atoms with Gasteiger partial charge in [0.15, 0.2) is 0 Å². The number of phenolic OH excluding ortho intramolecular Hbond substituents is 1. The molecule has 2 rings (SSSR count). The Kier molecular flexibility index (Phi) is 5.83. The maximum Gasteiger partial charge on any atom is 0.336 e. The van der Waals surface area contributed by atoms with Crippen molar-refractivity contribution in [3.8, 4) is 11.5 Å². The number of ether oxygens (including phenoxy) is 1. The van der Waals surface area contributed by atoms with Gasteiger partial charge in [-0.05, 0) is 47.5 Å². The SMILES string of the molecule is O=C(O)/C=C/c1ccc([N+](=O)[O-])c(OC(=O)/C=C/c2cccc(O)c2)c1. The van der Waals surface area contributed by atoms with Gasteiger partial charge in [0.2, 0.25) is 5.75 Å². The molecule has 0 atom stereocenters. The van der Waals surface area contributed by atoms with Crippen molar-refractivity contribution in [3.05, 3.63) is 75.9 Å². The van der Waals surface area contributed by atoms with E-state index in [-0.39, 0.29) is 11.5 Å². The second-order valence-corrected chi connectivity index (χ2v) is 5.01. The Morgan fingerprint density at radius 3 is 2.38 bits per heavy atom. The van der Waals surface area contributed by atoms with Crippen LogP contribution < -0.4 is 4.74 Å². The summed E-state index contributed by atoms with van der Waals surface area (Å²) in [6, 6.07) is 9.75. The second kappa shape index (κ2) is 8.25. The monoisotopic (exact) mass is 355 g/mol. The van der Waals surface area contributed by atoms with Crippen LogP contribution in [0.15, 0.2) is 54.6 Å². The average molecular weight is 355 g/mol. The number of hydrogen-bond donors (Lipinski definition) is 2. The lowest BCUT2D eigenvalue weighted by molar-refractivity contribution is -0.385. The lowest BCUT2D eigenvalue weighted by atomic mass is 10.1. The predicted octanol–water partition coefficient (Wildman–Crippen LogP) is 3.02. The van der Waals surface area contributed by atoms with Crippen molar-refractivity contribution in [2.75, 3.05) is 0 Å². The van der Waals surface area contributed by atoms with E-state index in [1.807, 2.05) is 0 Å². The molecule has 0 radical (unpaired) electrons. The minimum atomic E-state index is -1.18. The van der Waals surface area contributed by atoms with Crippen LogP contribution in [0.4, 0.5) is 5.69 Å². The minimum absolute atomic E-state index is 0.0223. The first kappa shape index (κ1) is 18.4. The number of carboxylic acid groups (broad SMARTS) is 1. The molecule has 0 aliphatic carbocycles. The zero-order chi connectivity index (χ0) is 19.1. The third-order valence-electron chi connectivity index (χ3n) is 3.09. The molecule has 0 fully saturated rings. The smallest absolute Gasteiger partial charge is 0.336 e. The maximum atomic E-state index is 11.9. The van der Waals surface area contributed by atoms with Gasteiger partial charge in [-0.15, -0.1) is 0 Å². The number of aromatic hydroxyl groups is 1.